The van der Waals surface area contributed by atoms with E-state index >= 15 is 0 Å². The van der Waals surface area contributed by atoms with Gasteiger partial charge in [0, 0.05) is 38.0 Å². The SMILES string of the molecule is CN(C)C(=O)c1cccc(CNC(=O)c2cn(Cc3ccccc3)nc2-c2ccccc2)c1. The van der Waals surface area contributed by atoms with Gasteiger partial charge in [0.05, 0.1) is 12.1 Å². The molecule has 0 fully saturated rings. The first-order valence-electron chi connectivity index (χ1n) is 10.8. The molecule has 1 heterocycles. The molecule has 0 bridgehead atoms. The second-order valence-electron chi connectivity index (χ2n) is 8.02. The molecule has 0 saturated heterocycles. The number of carbonyl (C=O) groups is 2. The van der Waals surface area contributed by atoms with Crippen molar-refractivity contribution in [2.24, 2.45) is 0 Å². The molecule has 0 aliphatic carbocycles. The zero-order valence-corrected chi connectivity index (χ0v) is 18.7. The topological polar surface area (TPSA) is 67.2 Å². The monoisotopic (exact) mass is 438 g/mol. The Balaban J connectivity index is 1.56. The van der Waals surface area contributed by atoms with E-state index in [1.165, 1.54) is 4.90 Å². The van der Waals surface area contributed by atoms with Crippen LogP contribution in [0.1, 0.15) is 31.8 Å². The first-order valence-corrected chi connectivity index (χ1v) is 10.8. The number of benzene rings is 3. The van der Waals surface area contributed by atoms with E-state index in [0.29, 0.717) is 29.9 Å². The molecule has 166 valence electrons. The minimum atomic E-state index is -0.211. The number of aromatic nitrogens is 2. The van der Waals surface area contributed by atoms with E-state index in [9.17, 15) is 9.59 Å². The molecule has 0 spiro atoms. The van der Waals surface area contributed by atoms with Crippen molar-refractivity contribution in [3.63, 3.8) is 0 Å². The summed E-state index contributed by atoms with van der Waals surface area (Å²) in [5.41, 5.74) is 4.58. The standard InChI is InChI=1S/C27H26N4O2/c1-30(2)27(33)23-15-9-12-21(16-23)17-28-26(32)24-19-31(18-20-10-5-3-6-11-20)29-25(24)22-13-7-4-8-14-22/h3-16,19H,17-18H2,1-2H3,(H,28,32). The van der Waals surface area contributed by atoms with Gasteiger partial charge < -0.3 is 10.2 Å². The second-order valence-corrected chi connectivity index (χ2v) is 8.02. The summed E-state index contributed by atoms with van der Waals surface area (Å²) >= 11 is 0. The number of nitrogens with one attached hydrogen (secondary N) is 1. The molecule has 1 N–H and O–H groups in total. The molecule has 4 aromatic rings. The van der Waals surface area contributed by atoms with Gasteiger partial charge in [-0.25, -0.2) is 0 Å². The Morgan fingerprint density at radius 3 is 2.24 bits per heavy atom. The van der Waals surface area contributed by atoms with E-state index in [1.807, 2.05) is 72.8 Å². The summed E-state index contributed by atoms with van der Waals surface area (Å²) in [4.78, 5) is 26.9. The van der Waals surface area contributed by atoms with Gasteiger partial charge in [0.15, 0.2) is 0 Å². The molecule has 0 aliphatic heterocycles. The average molecular weight is 439 g/mol. The van der Waals surface area contributed by atoms with E-state index in [0.717, 1.165) is 16.7 Å². The molecule has 4 rings (SSSR count). The number of nitrogens with zero attached hydrogens (tertiary/aromatic N) is 3. The lowest BCUT2D eigenvalue weighted by Crippen LogP contribution is -2.24. The van der Waals surface area contributed by atoms with Gasteiger partial charge in [0.1, 0.15) is 5.69 Å². The molecule has 33 heavy (non-hydrogen) atoms. The van der Waals surface area contributed by atoms with Crippen molar-refractivity contribution < 1.29 is 9.59 Å². The van der Waals surface area contributed by atoms with Crippen LogP contribution in [0.4, 0.5) is 0 Å². The molecule has 0 aliphatic rings. The first kappa shape index (κ1) is 22.0. The maximum atomic E-state index is 13.2. The Morgan fingerprint density at radius 2 is 1.55 bits per heavy atom. The van der Waals surface area contributed by atoms with Crippen LogP contribution in [0.3, 0.4) is 0 Å². The van der Waals surface area contributed by atoms with Crippen molar-refractivity contribution in [1.29, 1.82) is 0 Å². The highest BCUT2D eigenvalue weighted by Gasteiger charge is 2.18. The second kappa shape index (κ2) is 9.96. The lowest BCUT2D eigenvalue weighted by Gasteiger charge is -2.11. The summed E-state index contributed by atoms with van der Waals surface area (Å²) in [6.07, 6.45) is 1.79. The predicted molar refractivity (Wildman–Crippen MR) is 129 cm³/mol. The van der Waals surface area contributed by atoms with E-state index in [4.69, 9.17) is 5.10 Å². The Labute approximate surface area is 193 Å². The zero-order chi connectivity index (χ0) is 23.2. The van der Waals surface area contributed by atoms with Crippen LogP contribution < -0.4 is 5.32 Å². The van der Waals surface area contributed by atoms with E-state index in [2.05, 4.69) is 5.32 Å². The minimum absolute atomic E-state index is 0.0725. The predicted octanol–water partition coefficient (Wildman–Crippen LogP) is 4.23. The molecule has 1 aromatic heterocycles. The molecular formula is C27H26N4O2. The lowest BCUT2D eigenvalue weighted by atomic mass is 10.1. The quantitative estimate of drug-likeness (QED) is 0.470. The highest BCUT2D eigenvalue weighted by atomic mass is 16.2. The van der Waals surface area contributed by atoms with Crippen LogP contribution in [0.5, 0.6) is 0 Å². The van der Waals surface area contributed by atoms with E-state index < -0.39 is 0 Å². The summed E-state index contributed by atoms with van der Waals surface area (Å²) in [7, 11) is 3.43. The molecule has 0 atom stereocenters. The first-order chi connectivity index (χ1) is 16.0. The van der Waals surface area contributed by atoms with E-state index in [-0.39, 0.29) is 11.8 Å². The third kappa shape index (κ3) is 5.36. The van der Waals surface area contributed by atoms with Gasteiger partial charge in [-0.3, -0.25) is 14.3 Å². The van der Waals surface area contributed by atoms with Crippen LogP contribution in [0.2, 0.25) is 0 Å². The molecule has 0 unspecified atom stereocenters. The van der Waals surface area contributed by atoms with Gasteiger partial charge in [-0.2, -0.15) is 5.10 Å². The number of hydrogen-bond acceptors (Lipinski definition) is 3. The maximum Gasteiger partial charge on any atom is 0.255 e. The third-order valence-corrected chi connectivity index (χ3v) is 5.27. The molecular weight excluding hydrogens is 412 g/mol. The lowest BCUT2D eigenvalue weighted by molar-refractivity contribution is 0.0827. The van der Waals surface area contributed by atoms with Crippen LogP contribution >= 0.6 is 0 Å². The van der Waals surface area contributed by atoms with Crippen LogP contribution in [0, 0.1) is 0 Å². The fourth-order valence-corrected chi connectivity index (χ4v) is 3.60. The van der Waals surface area contributed by atoms with Gasteiger partial charge in [0.2, 0.25) is 0 Å². The largest absolute Gasteiger partial charge is 0.348 e. The van der Waals surface area contributed by atoms with Crippen molar-refractivity contribution in [2.45, 2.75) is 13.1 Å². The normalized spacial score (nSPS) is 10.6. The summed E-state index contributed by atoms with van der Waals surface area (Å²) in [5.74, 6) is -0.283. The molecule has 6 nitrogen and oxygen atoms in total. The molecule has 0 saturated carbocycles. The van der Waals surface area contributed by atoms with Gasteiger partial charge >= 0.3 is 0 Å². The van der Waals surface area contributed by atoms with Crippen LogP contribution in [-0.4, -0.2) is 40.6 Å². The number of hydrogen-bond donors (Lipinski definition) is 1. The van der Waals surface area contributed by atoms with E-state index in [1.54, 1.807) is 37.1 Å². The van der Waals surface area contributed by atoms with Crippen molar-refractivity contribution >= 4 is 11.8 Å². The summed E-state index contributed by atoms with van der Waals surface area (Å²) in [6, 6.07) is 27.0. The highest BCUT2D eigenvalue weighted by Crippen LogP contribution is 2.22. The Hall–Kier alpha value is -4.19. The molecule has 6 heteroatoms. The zero-order valence-electron chi connectivity index (χ0n) is 18.7. The highest BCUT2D eigenvalue weighted by molar-refractivity contribution is 5.99. The van der Waals surface area contributed by atoms with Gasteiger partial charge in [0.25, 0.3) is 11.8 Å². The Kier molecular flexibility index (Phi) is 6.64. The van der Waals surface area contributed by atoms with Gasteiger partial charge in [-0.1, -0.05) is 72.8 Å². The molecule has 3 aromatic carbocycles. The third-order valence-electron chi connectivity index (χ3n) is 5.27. The number of amides is 2. The summed E-state index contributed by atoms with van der Waals surface area (Å²) < 4.78 is 1.79. The van der Waals surface area contributed by atoms with Crippen LogP contribution in [0.25, 0.3) is 11.3 Å². The Bertz CT molecular complexity index is 1250. The average Bonchev–Trinajstić information content (AvgIpc) is 3.27. The van der Waals surface area contributed by atoms with Crippen LogP contribution in [-0.2, 0) is 13.1 Å². The molecule has 0 radical (unpaired) electrons. The van der Waals surface area contributed by atoms with Crippen molar-refractivity contribution in [2.75, 3.05) is 14.1 Å². The van der Waals surface area contributed by atoms with Crippen molar-refractivity contribution in [1.82, 2.24) is 20.0 Å². The fraction of sp³-hybridized carbons (Fsp3) is 0.148. The van der Waals surface area contributed by atoms with Crippen LogP contribution in [0.15, 0.2) is 91.1 Å². The minimum Gasteiger partial charge on any atom is -0.348 e. The summed E-state index contributed by atoms with van der Waals surface area (Å²) in [6.45, 7) is 0.883. The van der Waals surface area contributed by atoms with Gasteiger partial charge in [-0.05, 0) is 23.3 Å². The van der Waals surface area contributed by atoms with Crippen molar-refractivity contribution in [3.05, 3.63) is 113 Å². The Morgan fingerprint density at radius 1 is 0.879 bits per heavy atom. The number of carbonyl (C=O) groups excluding carboxylic acids is 2. The smallest absolute Gasteiger partial charge is 0.255 e. The molecule has 2 amide bonds. The summed E-state index contributed by atoms with van der Waals surface area (Å²) in [5, 5.41) is 7.69. The maximum absolute atomic E-state index is 13.2. The van der Waals surface area contributed by atoms with Crippen molar-refractivity contribution in [3.8, 4) is 11.3 Å². The number of rotatable bonds is 7. The fourth-order valence-electron chi connectivity index (χ4n) is 3.60. The van der Waals surface area contributed by atoms with Gasteiger partial charge in [-0.15, -0.1) is 0 Å².